The molecule has 0 radical (unpaired) electrons. The molecule has 0 saturated carbocycles. The van der Waals surface area contributed by atoms with Crippen molar-refractivity contribution in [2.45, 2.75) is 227 Å². The number of rotatable bonds is 34. The van der Waals surface area contributed by atoms with E-state index in [1.54, 1.807) is 78.5 Å². The number of fused-ring (bicyclic) bond motifs is 3. The number of aliphatic hydroxyl groups is 1. The van der Waals surface area contributed by atoms with E-state index in [0.29, 0.717) is 88.6 Å². The number of sulfonamides is 3. The number of hydrogen-bond donors (Lipinski definition) is 5. The van der Waals surface area contributed by atoms with E-state index in [-0.39, 0.29) is 70.4 Å². The van der Waals surface area contributed by atoms with Crippen LogP contribution in [0.5, 0.6) is 0 Å². The van der Waals surface area contributed by atoms with Crippen molar-refractivity contribution in [3.05, 3.63) is 259 Å². The van der Waals surface area contributed by atoms with Crippen molar-refractivity contribution < 1.29 is 71.0 Å². The van der Waals surface area contributed by atoms with Crippen molar-refractivity contribution >= 4 is 137 Å². The van der Waals surface area contributed by atoms with Gasteiger partial charge in [0.2, 0.25) is 30.1 Å². The van der Waals surface area contributed by atoms with Gasteiger partial charge in [-0.05, 0) is 230 Å². The van der Waals surface area contributed by atoms with Crippen molar-refractivity contribution in [1.29, 1.82) is 0 Å². The fourth-order valence-electron chi connectivity index (χ4n) is 17.5. The summed E-state index contributed by atoms with van der Waals surface area (Å²) in [5, 5.41) is 14.9. The number of nitrogens with zero attached hydrogens (tertiary/aromatic N) is 9. The van der Waals surface area contributed by atoms with Crippen LogP contribution in [0, 0.1) is 38.5 Å². The Morgan fingerprint density at radius 1 is 0.527 bits per heavy atom. The number of halogens is 7. The second kappa shape index (κ2) is 44.3. The maximum absolute atomic E-state index is 15.1. The molecule has 0 aliphatic carbocycles. The molecular formula is C94H118F6IN13O10S3Si2. The maximum Gasteiger partial charge on any atom is 0.416 e. The van der Waals surface area contributed by atoms with Crippen LogP contribution >= 0.6 is 22.6 Å². The summed E-state index contributed by atoms with van der Waals surface area (Å²) < 4.78 is 179. The number of pyridine rings is 6. The van der Waals surface area contributed by atoms with Crippen LogP contribution in [-0.4, -0.2) is 125 Å². The van der Waals surface area contributed by atoms with Crippen molar-refractivity contribution in [1.82, 2.24) is 43.4 Å². The molecule has 694 valence electrons. The first kappa shape index (κ1) is 103. The molecule has 9 aromatic heterocycles. The van der Waals surface area contributed by atoms with E-state index in [1.165, 1.54) is 32.9 Å². The largest absolute Gasteiger partial charge is 0.443 e. The highest BCUT2D eigenvalue weighted by Crippen LogP contribution is 2.47. The molecule has 5 N–H and O–H groups in total. The lowest BCUT2D eigenvalue weighted by molar-refractivity contribution is 0.0575. The standard InChI is InChI=1S/C33H44F2N4O3SSi.C24H24F2N4O2S.C21H25F2N3O5S.C16H25IN2Si/c1-8-18-43(41,42)38-30-16-15-29(34)27(31(30)35)14-13-25-12-11-24(19-37-25)32(40)28-20-39(33-26(28)10-9-17-36-33)44(21(2)3,22(4)5)23(6)7;1-2-12-33(31,32)30-22-10-9-21(25)20(23(22)26)8-7-18-6-5-16(14-28-18)13-17-15-29-24-19(17)4-3-11-27-24;1-5-10-32(29,30)25-17-8-7-16(22)15(19(17)23)12-26(20(28)31-21(2,3)4)18-9-6-14(13-27)11-24-18;1-11(2)20(12(3)4,13(5)6)19-10-15(17)14-8-7-9-18-16(14)19/h9-12,15-17,19-23,32,38,40H,8,13-14,18H2,1-7H3;3-6,9-11,14-15,30H,2,7-8,12-13H2,1H3,(H,27,29);6-9,11,13,25H,5,10,12H2,1-4H3;7-13H,1-6H3. The monoisotopic (exact) mass is 1980 g/mol. The van der Waals surface area contributed by atoms with Crippen LogP contribution in [0.1, 0.15) is 211 Å². The van der Waals surface area contributed by atoms with Gasteiger partial charge >= 0.3 is 6.09 Å². The predicted molar refractivity (Wildman–Crippen MR) is 516 cm³/mol. The summed E-state index contributed by atoms with van der Waals surface area (Å²) in [6, 6.07) is 28.3. The zero-order valence-corrected chi connectivity index (χ0v) is 82.8. The first-order valence-corrected chi connectivity index (χ1v) is 53.6. The number of carbonyl (C=O) groups is 2. The Bertz CT molecular complexity index is 6180. The number of anilines is 4. The second-order valence-corrected chi connectivity index (χ2v) is 53.0. The number of nitrogens with one attached hydrogen (secondary N) is 4. The topological polar surface area (TPSA) is 308 Å². The van der Waals surface area contributed by atoms with Gasteiger partial charge in [0.25, 0.3) is 0 Å². The van der Waals surface area contributed by atoms with E-state index in [2.05, 4.69) is 172 Å². The molecule has 12 rings (SSSR count). The number of benzene rings is 3. The maximum atomic E-state index is 15.1. The molecule has 0 bridgehead atoms. The van der Waals surface area contributed by atoms with Gasteiger partial charge in [-0.3, -0.25) is 33.8 Å². The van der Waals surface area contributed by atoms with E-state index in [4.69, 9.17) is 14.7 Å². The minimum atomic E-state index is -3.83. The van der Waals surface area contributed by atoms with Crippen LogP contribution in [0.15, 0.2) is 165 Å². The highest BCUT2D eigenvalue weighted by Gasteiger charge is 2.48. The minimum absolute atomic E-state index is 0.0125. The first-order chi connectivity index (χ1) is 60.8. The lowest BCUT2D eigenvalue weighted by atomic mass is 10.0. The molecule has 129 heavy (non-hydrogen) atoms. The van der Waals surface area contributed by atoms with Gasteiger partial charge in [-0.1, -0.05) is 116 Å². The lowest BCUT2D eigenvalue weighted by Crippen LogP contribution is -2.51. The number of aryl methyl sites for hydroxylation is 2. The number of aldehydes is 1. The van der Waals surface area contributed by atoms with Gasteiger partial charge < -0.3 is 23.3 Å². The summed E-state index contributed by atoms with van der Waals surface area (Å²) in [6.45, 7) is 37.4. The predicted octanol–water partition coefficient (Wildman–Crippen LogP) is 22.4. The molecule has 0 aliphatic rings. The lowest BCUT2D eigenvalue weighted by Gasteiger charge is -2.44. The summed E-state index contributed by atoms with van der Waals surface area (Å²) in [7, 11) is -15.1. The minimum Gasteiger partial charge on any atom is -0.443 e. The van der Waals surface area contributed by atoms with Gasteiger partial charge in [-0.15, -0.1) is 0 Å². The fourth-order valence-corrected chi connectivity index (χ4v) is 35.0. The third-order valence-electron chi connectivity index (χ3n) is 22.9. The zero-order valence-electron chi connectivity index (χ0n) is 76.2. The second-order valence-electron chi connectivity index (χ2n) is 34.8. The number of aromatic nitrogens is 9. The Morgan fingerprint density at radius 3 is 1.39 bits per heavy atom. The van der Waals surface area contributed by atoms with E-state index >= 15 is 8.78 Å². The fraction of sp³-hybridized carbons (Fsp3) is 0.404. The summed E-state index contributed by atoms with van der Waals surface area (Å²) in [5.41, 5.74) is 8.52. The molecule has 1 amide bonds. The van der Waals surface area contributed by atoms with Crippen LogP contribution in [0.2, 0.25) is 33.2 Å². The SMILES string of the molecule is CC(C)[Si](C(C)C)(C(C)C)n1cc(I)c2cccnc21.CCCS(=O)(=O)Nc1ccc(F)c(CCc2ccc(C(O)c3cn([Si](C(C)C)(C(C)C)C(C)C)c4ncccc34)cn2)c1F.CCCS(=O)(=O)Nc1ccc(F)c(CCc2ccc(Cc3c[nH]c4ncccc34)cn2)c1F.CCCS(=O)(=O)Nc1ccc(F)c(CN(C(=O)OC(C)(C)C)c2ccc(C=O)cn2)c1F. The van der Waals surface area contributed by atoms with E-state index in [0.717, 1.165) is 80.1 Å². The third kappa shape index (κ3) is 24.8. The summed E-state index contributed by atoms with van der Waals surface area (Å²) in [4.78, 5) is 54.4. The van der Waals surface area contributed by atoms with Crippen molar-refractivity contribution in [2.24, 2.45) is 0 Å². The summed E-state index contributed by atoms with van der Waals surface area (Å²) >= 11 is 2.45. The Hall–Kier alpha value is -9.93. The third-order valence-corrected chi connectivity index (χ3v) is 41.7. The van der Waals surface area contributed by atoms with Gasteiger partial charge in [0.15, 0.2) is 40.2 Å². The first-order valence-electron chi connectivity index (χ1n) is 43.2. The van der Waals surface area contributed by atoms with Gasteiger partial charge in [-0.2, -0.15) is 0 Å². The molecule has 23 nitrogen and oxygen atoms in total. The number of aliphatic hydroxyl groups excluding tert-OH is 1. The van der Waals surface area contributed by atoms with E-state index in [1.807, 2.05) is 54.9 Å². The van der Waals surface area contributed by atoms with Gasteiger partial charge in [0.05, 0.1) is 40.9 Å². The van der Waals surface area contributed by atoms with Gasteiger partial charge in [0.1, 0.15) is 51.9 Å². The molecule has 3 aromatic carbocycles. The zero-order chi connectivity index (χ0) is 95.0. The number of ether oxygens (including phenoxy) is 1. The highest BCUT2D eigenvalue weighted by atomic mass is 127. The molecular weight excluding hydrogens is 1860 g/mol. The molecule has 0 aliphatic heterocycles. The highest BCUT2D eigenvalue weighted by molar-refractivity contribution is 14.1. The van der Waals surface area contributed by atoms with Gasteiger partial charge in [0, 0.05) is 127 Å². The average Bonchev–Trinajstić information content (AvgIpc) is 1.59. The van der Waals surface area contributed by atoms with Crippen LogP contribution < -0.4 is 19.1 Å². The van der Waals surface area contributed by atoms with Crippen molar-refractivity contribution in [3.8, 4) is 0 Å². The number of aromatic amines is 1. The molecule has 0 fully saturated rings. The molecule has 35 heteroatoms. The normalized spacial score (nSPS) is 12.5. The Labute approximate surface area is 769 Å². The van der Waals surface area contributed by atoms with Gasteiger partial charge in [-0.25, -0.2) is 76.3 Å². The summed E-state index contributed by atoms with van der Waals surface area (Å²) in [6.07, 6.45) is 17.4. The number of carbonyl (C=O) groups excluding carboxylic acids is 2. The molecule has 12 aromatic rings. The van der Waals surface area contributed by atoms with Crippen LogP contribution in [0.25, 0.3) is 33.1 Å². The number of amides is 1. The van der Waals surface area contributed by atoms with Crippen LogP contribution in [-0.2, 0) is 73.5 Å². The molecule has 9 heterocycles. The molecule has 1 unspecified atom stereocenters. The Kier molecular flexibility index (Phi) is 35.3. The van der Waals surface area contributed by atoms with Crippen molar-refractivity contribution in [2.75, 3.05) is 36.3 Å². The summed E-state index contributed by atoms with van der Waals surface area (Å²) in [5.74, 6) is -5.97. The smallest absolute Gasteiger partial charge is 0.416 e. The van der Waals surface area contributed by atoms with Crippen molar-refractivity contribution in [3.63, 3.8) is 0 Å². The van der Waals surface area contributed by atoms with E-state index < -0.39 is 117 Å². The van der Waals surface area contributed by atoms with Crippen LogP contribution in [0.3, 0.4) is 0 Å². The number of hydrogen-bond acceptors (Lipinski definition) is 16. The number of H-pyrrole nitrogens is 1. The Morgan fingerprint density at radius 2 is 0.961 bits per heavy atom. The quantitative estimate of drug-likeness (QED) is 0.0108. The van der Waals surface area contributed by atoms with E-state index in [9.17, 15) is 57.5 Å². The van der Waals surface area contributed by atoms with Crippen LogP contribution in [0.4, 0.5) is 54.0 Å². The molecule has 1 atom stereocenters. The average molecular weight is 1980 g/mol. The molecule has 0 spiro atoms. The molecule has 0 saturated heterocycles. The Balaban J connectivity index is 0.000000200.